The van der Waals surface area contributed by atoms with E-state index in [1.807, 2.05) is 18.2 Å². The number of benzene rings is 2. The molecule has 9 heteroatoms. The average Bonchev–Trinajstić information content (AvgIpc) is 3.28. The third-order valence-corrected chi connectivity index (χ3v) is 5.60. The summed E-state index contributed by atoms with van der Waals surface area (Å²) in [5, 5.41) is 4.95. The molecule has 0 aliphatic heterocycles. The second-order valence-corrected chi connectivity index (χ2v) is 7.40. The van der Waals surface area contributed by atoms with Gasteiger partial charge in [-0.3, -0.25) is 4.79 Å². The van der Waals surface area contributed by atoms with Gasteiger partial charge in [0.2, 0.25) is 10.7 Å². The standard InChI is InChI=1S/C20H16ClN3O4S/c1-26-14-8-12(9-15(27-2)17(14)28-3)18-22-20-24(23-18)19(25)16(29-20)10-11-6-4-5-7-13(11)21/h4-10H,1-3H3/b16-10+. The van der Waals surface area contributed by atoms with Crippen molar-refractivity contribution in [1.82, 2.24) is 14.6 Å². The first-order valence-electron chi connectivity index (χ1n) is 8.52. The molecule has 2 aromatic carbocycles. The first-order chi connectivity index (χ1) is 14.0. The monoisotopic (exact) mass is 429 g/mol. The zero-order chi connectivity index (χ0) is 20.5. The van der Waals surface area contributed by atoms with Crippen molar-refractivity contribution in [1.29, 1.82) is 0 Å². The summed E-state index contributed by atoms with van der Waals surface area (Å²) in [5.41, 5.74) is 1.16. The van der Waals surface area contributed by atoms with E-state index in [0.717, 1.165) is 5.56 Å². The Morgan fingerprint density at radius 1 is 1.07 bits per heavy atom. The average molecular weight is 430 g/mol. The summed E-state index contributed by atoms with van der Waals surface area (Å²) in [4.78, 5) is 17.7. The highest BCUT2D eigenvalue weighted by molar-refractivity contribution is 7.15. The number of aromatic nitrogens is 3. The molecule has 2 aromatic heterocycles. The van der Waals surface area contributed by atoms with E-state index >= 15 is 0 Å². The van der Waals surface area contributed by atoms with E-state index < -0.39 is 0 Å². The van der Waals surface area contributed by atoms with Gasteiger partial charge in [-0.25, -0.2) is 0 Å². The number of ether oxygens (including phenoxy) is 3. The van der Waals surface area contributed by atoms with Crippen molar-refractivity contribution < 1.29 is 14.2 Å². The Morgan fingerprint density at radius 3 is 2.34 bits per heavy atom. The number of rotatable bonds is 5. The lowest BCUT2D eigenvalue weighted by atomic mass is 10.1. The molecule has 0 aliphatic rings. The molecule has 0 spiro atoms. The summed E-state index contributed by atoms with van der Waals surface area (Å²) in [6.07, 6.45) is 1.74. The molecule has 0 atom stereocenters. The van der Waals surface area contributed by atoms with Gasteiger partial charge in [0.05, 0.1) is 25.9 Å². The molecular formula is C20H16ClN3O4S. The van der Waals surface area contributed by atoms with Gasteiger partial charge < -0.3 is 14.2 Å². The lowest BCUT2D eigenvalue weighted by Crippen LogP contribution is -2.23. The number of fused-ring (bicyclic) bond motifs is 1. The maximum absolute atomic E-state index is 12.8. The molecule has 4 rings (SSSR count). The molecule has 0 N–H and O–H groups in total. The minimum Gasteiger partial charge on any atom is -0.493 e. The van der Waals surface area contributed by atoms with Crippen molar-refractivity contribution in [3.05, 3.63) is 61.9 Å². The Labute approximate surface area is 174 Å². The molecule has 0 saturated heterocycles. The van der Waals surface area contributed by atoms with E-state index in [4.69, 9.17) is 25.8 Å². The Kier molecular flexibility index (Phi) is 5.12. The first kappa shape index (κ1) is 19.2. The molecule has 0 amide bonds. The Bertz CT molecular complexity index is 1290. The molecule has 0 fully saturated rings. The fourth-order valence-corrected chi connectivity index (χ4v) is 3.99. The van der Waals surface area contributed by atoms with Crippen LogP contribution < -0.4 is 24.3 Å². The summed E-state index contributed by atoms with van der Waals surface area (Å²) < 4.78 is 17.9. The molecule has 2 heterocycles. The molecule has 7 nitrogen and oxygen atoms in total. The molecule has 0 unspecified atom stereocenters. The molecule has 0 radical (unpaired) electrons. The smallest absolute Gasteiger partial charge is 0.291 e. The number of hydrogen-bond acceptors (Lipinski definition) is 7. The Hall–Kier alpha value is -3.10. The van der Waals surface area contributed by atoms with Gasteiger partial charge in [-0.2, -0.15) is 9.50 Å². The molecule has 4 aromatic rings. The zero-order valence-corrected chi connectivity index (χ0v) is 17.4. The minimum absolute atomic E-state index is 0.254. The maximum Gasteiger partial charge on any atom is 0.291 e. The highest BCUT2D eigenvalue weighted by atomic mass is 35.5. The summed E-state index contributed by atoms with van der Waals surface area (Å²) in [7, 11) is 4.60. The van der Waals surface area contributed by atoms with Gasteiger partial charge in [0.25, 0.3) is 5.56 Å². The van der Waals surface area contributed by atoms with Crippen molar-refractivity contribution in [2.24, 2.45) is 0 Å². The second kappa shape index (κ2) is 7.73. The van der Waals surface area contributed by atoms with Crippen LogP contribution in [0.3, 0.4) is 0 Å². The lowest BCUT2D eigenvalue weighted by molar-refractivity contribution is 0.324. The van der Waals surface area contributed by atoms with Crippen LogP contribution in [0.1, 0.15) is 5.56 Å². The van der Waals surface area contributed by atoms with Crippen LogP contribution in [0.25, 0.3) is 22.4 Å². The third-order valence-electron chi connectivity index (χ3n) is 4.30. The van der Waals surface area contributed by atoms with E-state index in [9.17, 15) is 4.79 Å². The summed E-state index contributed by atoms with van der Waals surface area (Å²) in [6.45, 7) is 0. The van der Waals surface area contributed by atoms with Crippen molar-refractivity contribution in [2.45, 2.75) is 0 Å². The van der Waals surface area contributed by atoms with Gasteiger partial charge in [-0.05, 0) is 29.8 Å². The van der Waals surface area contributed by atoms with Crippen LogP contribution in [0.4, 0.5) is 0 Å². The largest absolute Gasteiger partial charge is 0.493 e. The highest BCUT2D eigenvalue weighted by Crippen LogP contribution is 2.40. The highest BCUT2D eigenvalue weighted by Gasteiger charge is 2.18. The van der Waals surface area contributed by atoms with E-state index in [1.165, 1.54) is 37.2 Å². The van der Waals surface area contributed by atoms with Gasteiger partial charge >= 0.3 is 0 Å². The maximum atomic E-state index is 12.8. The molecule has 29 heavy (non-hydrogen) atoms. The van der Waals surface area contributed by atoms with E-state index in [2.05, 4.69) is 10.1 Å². The molecule has 0 aliphatic carbocycles. The van der Waals surface area contributed by atoms with Gasteiger partial charge in [-0.15, -0.1) is 5.10 Å². The van der Waals surface area contributed by atoms with Crippen LogP contribution in [0.5, 0.6) is 17.2 Å². The number of halogens is 1. The summed E-state index contributed by atoms with van der Waals surface area (Å²) in [5.74, 6) is 1.82. The van der Waals surface area contributed by atoms with E-state index in [0.29, 0.717) is 43.2 Å². The zero-order valence-electron chi connectivity index (χ0n) is 15.8. The number of methoxy groups -OCH3 is 3. The molecule has 0 saturated carbocycles. The van der Waals surface area contributed by atoms with Crippen molar-refractivity contribution in [3.8, 4) is 28.6 Å². The van der Waals surface area contributed by atoms with Crippen LogP contribution in [-0.4, -0.2) is 35.9 Å². The quantitative estimate of drug-likeness (QED) is 0.485. The van der Waals surface area contributed by atoms with Crippen LogP contribution in [-0.2, 0) is 0 Å². The third kappa shape index (κ3) is 3.41. The normalized spacial score (nSPS) is 11.8. The van der Waals surface area contributed by atoms with Crippen LogP contribution in [0.2, 0.25) is 5.02 Å². The van der Waals surface area contributed by atoms with Crippen molar-refractivity contribution in [3.63, 3.8) is 0 Å². The Balaban J connectivity index is 1.83. The predicted octanol–water partition coefficient (Wildman–Crippen LogP) is 3.04. The number of thiazole rings is 1. The fraction of sp³-hybridized carbons (Fsp3) is 0.150. The van der Waals surface area contributed by atoms with E-state index in [-0.39, 0.29) is 5.56 Å². The summed E-state index contributed by atoms with van der Waals surface area (Å²) >= 11 is 7.43. The van der Waals surface area contributed by atoms with Crippen molar-refractivity contribution >= 4 is 34.0 Å². The SMILES string of the molecule is COc1cc(-c2nc3s/c(=C/c4ccccc4Cl)c(=O)n3n2)cc(OC)c1OC. The van der Waals surface area contributed by atoms with Crippen LogP contribution >= 0.6 is 22.9 Å². The predicted molar refractivity (Wildman–Crippen MR) is 112 cm³/mol. The number of hydrogen-bond donors (Lipinski definition) is 0. The van der Waals surface area contributed by atoms with Gasteiger partial charge in [-0.1, -0.05) is 41.1 Å². The van der Waals surface area contributed by atoms with E-state index in [1.54, 1.807) is 24.3 Å². The Morgan fingerprint density at radius 2 is 1.76 bits per heavy atom. The second-order valence-electron chi connectivity index (χ2n) is 5.98. The lowest BCUT2D eigenvalue weighted by Gasteiger charge is -2.12. The molecular weight excluding hydrogens is 414 g/mol. The molecule has 148 valence electrons. The van der Waals surface area contributed by atoms with Crippen molar-refractivity contribution in [2.75, 3.05) is 21.3 Å². The minimum atomic E-state index is -0.254. The fourth-order valence-electron chi connectivity index (χ4n) is 2.90. The first-order valence-corrected chi connectivity index (χ1v) is 9.71. The molecule has 0 bridgehead atoms. The van der Waals surface area contributed by atoms with Gasteiger partial charge in [0.15, 0.2) is 17.3 Å². The van der Waals surface area contributed by atoms with Crippen LogP contribution in [0.15, 0.2) is 41.2 Å². The number of nitrogens with zero attached hydrogens (tertiary/aromatic N) is 3. The van der Waals surface area contributed by atoms with Gasteiger partial charge in [0.1, 0.15) is 0 Å². The topological polar surface area (TPSA) is 75.0 Å². The van der Waals surface area contributed by atoms with Crippen LogP contribution in [0, 0.1) is 0 Å². The summed E-state index contributed by atoms with van der Waals surface area (Å²) in [6, 6.07) is 10.8. The van der Waals surface area contributed by atoms with Gasteiger partial charge in [0, 0.05) is 10.6 Å².